The van der Waals surface area contributed by atoms with E-state index in [1.165, 1.54) is 5.56 Å². The van der Waals surface area contributed by atoms with Crippen molar-refractivity contribution < 1.29 is 4.52 Å². The lowest BCUT2D eigenvalue weighted by Crippen LogP contribution is -2.52. The van der Waals surface area contributed by atoms with Gasteiger partial charge in [0.15, 0.2) is 11.7 Å². The number of nitrogens with zero attached hydrogens (tertiary/aromatic N) is 4. The van der Waals surface area contributed by atoms with Crippen molar-refractivity contribution >= 4 is 29.9 Å². The van der Waals surface area contributed by atoms with Gasteiger partial charge in [-0.1, -0.05) is 49.3 Å². The van der Waals surface area contributed by atoms with Crippen molar-refractivity contribution in [3.05, 3.63) is 53.4 Å². The quantitative estimate of drug-likeness (QED) is 0.375. The molecule has 0 spiro atoms. The van der Waals surface area contributed by atoms with Crippen molar-refractivity contribution in [2.45, 2.75) is 39.3 Å². The van der Waals surface area contributed by atoms with Crippen LogP contribution >= 0.6 is 24.0 Å². The smallest absolute Gasteiger partial charge is 0.194 e. The Balaban J connectivity index is 0.00000280. The summed E-state index contributed by atoms with van der Waals surface area (Å²) in [5.41, 5.74) is 2.40. The lowest BCUT2D eigenvalue weighted by atomic mass is 10.0. The molecule has 0 aliphatic carbocycles. The second-order valence-corrected chi connectivity index (χ2v) is 6.90. The largest absolute Gasteiger partial charge is 0.359 e. The first kappa shape index (κ1) is 22.7. The van der Waals surface area contributed by atoms with Crippen LogP contribution in [-0.4, -0.2) is 54.1 Å². The summed E-state index contributed by atoms with van der Waals surface area (Å²) in [4.78, 5) is 9.36. The normalized spacial score (nSPS) is 16.5. The fourth-order valence-electron chi connectivity index (χ4n) is 3.73. The number of hydrogen-bond donors (Lipinski definition) is 1. The lowest BCUT2D eigenvalue weighted by Gasteiger charge is -2.40. The average Bonchev–Trinajstić information content (AvgIpc) is 3.19. The number of halogens is 1. The SMILES string of the molecule is CCc1cc(CNC(=NC)N2CCN(C(CC)c3ccccc3)CC2)on1.I. The molecule has 28 heavy (non-hydrogen) atoms. The topological polar surface area (TPSA) is 56.9 Å². The molecule has 1 aliphatic rings. The van der Waals surface area contributed by atoms with Gasteiger partial charge in [-0.2, -0.15) is 0 Å². The summed E-state index contributed by atoms with van der Waals surface area (Å²) in [6, 6.07) is 13.3. The molecule has 7 heteroatoms. The molecule has 2 aromatic rings. The minimum Gasteiger partial charge on any atom is -0.359 e. The second-order valence-electron chi connectivity index (χ2n) is 6.90. The Hall–Kier alpha value is -1.61. The molecule has 0 saturated carbocycles. The summed E-state index contributed by atoms with van der Waals surface area (Å²) in [7, 11) is 1.84. The lowest BCUT2D eigenvalue weighted by molar-refractivity contribution is 0.126. The second kappa shape index (κ2) is 11.4. The van der Waals surface area contributed by atoms with E-state index >= 15 is 0 Å². The molecule has 1 N–H and O–H groups in total. The fraction of sp³-hybridized carbons (Fsp3) is 0.524. The molecule has 1 fully saturated rings. The molecule has 0 bridgehead atoms. The van der Waals surface area contributed by atoms with Crippen LogP contribution in [0.4, 0.5) is 0 Å². The molecule has 2 heterocycles. The van der Waals surface area contributed by atoms with Crippen LogP contribution in [0.2, 0.25) is 0 Å². The van der Waals surface area contributed by atoms with E-state index < -0.39 is 0 Å². The van der Waals surface area contributed by atoms with Crippen LogP contribution in [0.15, 0.2) is 45.9 Å². The molecular weight excluding hydrogens is 465 g/mol. The molecule has 1 aromatic heterocycles. The molecule has 1 saturated heterocycles. The van der Waals surface area contributed by atoms with Crippen LogP contribution in [-0.2, 0) is 13.0 Å². The fourth-order valence-corrected chi connectivity index (χ4v) is 3.73. The van der Waals surface area contributed by atoms with E-state index in [1.54, 1.807) is 0 Å². The minimum atomic E-state index is 0. The molecule has 1 unspecified atom stereocenters. The Morgan fingerprint density at radius 1 is 1.18 bits per heavy atom. The van der Waals surface area contributed by atoms with Gasteiger partial charge >= 0.3 is 0 Å². The zero-order chi connectivity index (χ0) is 19.1. The van der Waals surface area contributed by atoms with Crippen molar-refractivity contribution in [1.29, 1.82) is 0 Å². The van der Waals surface area contributed by atoms with E-state index in [0.717, 1.165) is 56.4 Å². The van der Waals surface area contributed by atoms with E-state index in [4.69, 9.17) is 4.52 Å². The number of benzene rings is 1. The van der Waals surface area contributed by atoms with Gasteiger partial charge in [-0.15, -0.1) is 24.0 Å². The van der Waals surface area contributed by atoms with Gasteiger partial charge in [0.25, 0.3) is 0 Å². The van der Waals surface area contributed by atoms with E-state index in [9.17, 15) is 0 Å². The highest BCUT2D eigenvalue weighted by Crippen LogP contribution is 2.25. The van der Waals surface area contributed by atoms with E-state index in [0.29, 0.717) is 12.6 Å². The Morgan fingerprint density at radius 2 is 1.89 bits per heavy atom. The number of guanidine groups is 1. The van der Waals surface area contributed by atoms with Crippen LogP contribution in [0.1, 0.15) is 43.3 Å². The van der Waals surface area contributed by atoms with Gasteiger partial charge in [-0.25, -0.2) is 0 Å². The van der Waals surface area contributed by atoms with Crippen LogP contribution < -0.4 is 5.32 Å². The standard InChI is InChI=1S/C21H31N5O.HI/c1-4-18-15-19(27-24-18)16-23-21(22-3)26-13-11-25(12-14-26)20(5-2)17-9-7-6-8-10-17;/h6-10,15,20H,4-5,11-14,16H2,1-3H3,(H,22,23);1H. The maximum atomic E-state index is 5.36. The predicted molar refractivity (Wildman–Crippen MR) is 124 cm³/mol. The summed E-state index contributed by atoms with van der Waals surface area (Å²) >= 11 is 0. The van der Waals surface area contributed by atoms with Crippen molar-refractivity contribution in [2.75, 3.05) is 33.2 Å². The van der Waals surface area contributed by atoms with Crippen molar-refractivity contribution in [2.24, 2.45) is 4.99 Å². The summed E-state index contributed by atoms with van der Waals surface area (Å²) in [5, 5.41) is 7.45. The summed E-state index contributed by atoms with van der Waals surface area (Å²) < 4.78 is 5.36. The number of rotatable bonds is 6. The van der Waals surface area contributed by atoms with Crippen LogP contribution in [0.25, 0.3) is 0 Å². The van der Waals surface area contributed by atoms with Crippen LogP contribution in [0.5, 0.6) is 0 Å². The van der Waals surface area contributed by atoms with Gasteiger partial charge in [0.05, 0.1) is 12.2 Å². The average molecular weight is 497 g/mol. The van der Waals surface area contributed by atoms with Gasteiger partial charge < -0.3 is 14.7 Å². The monoisotopic (exact) mass is 497 g/mol. The first-order valence-corrected chi connectivity index (χ1v) is 9.94. The maximum absolute atomic E-state index is 5.36. The summed E-state index contributed by atoms with van der Waals surface area (Å²) in [6.07, 6.45) is 2.02. The van der Waals surface area contributed by atoms with Gasteiger partial charge in [0.1, 0.15) is 0 Å². The summed E-state index contributed by atoms with van der Waals surface area (Å²) in [6.45, 7) is 8.98. The molecule has 0 amide bonds. The Labute approximate surface area is 185 Å². The highest BCUT2D eigenvalue weighted by atomic mass is 127. The van der Waals surface area contributed by atoms with E-state index in [-0.39, 0.29) is 24.0 Å². The number of aryl methyl sites for hydroxylation is 1. The summed E-state index contributed by atoms with van der Waals surface area (Å²) in [5.74, 6) is 1.78. The Morgan fingerprint density at radius 3 is 2.46 bits per heavy atom. The molecule has 1 aliphatic heterocycles. The molecule has 6 nitrogen and oxygen atoms in total. The van der Waals surface area contributed by atoms with Crippen LogP contribution in [0, 0.1) is 0 Å². The number of piperazine rings is 1. The first-order chi connectivity index (χ1) is 13.2. The third-order valence-electron chi connectivity index (χ3n) is 5.23. The highest BCUT2D eigenvalue weighted by Gasteiger charge is 2.25. The third-order valence-corrected chi connectivity index (χ3v) is 5.23. The zero-order valence-electron chi connectivity index (χ0n) is 17.1. The van der Waals surface area contributed by atoms with Gasteiger partial charge in [-0.3, -0.25) is 9.89 Å². The number of aliphatic imine (C=N–C) groups is 1. The first-order valence-electron chi connectivity index (χ1n) is 9.94. The van der Waals surface area contributed by atoms with Gasteiger partial charge in [0, 0.05) is 45.3 Å². The van der Waals surface area contributed by atoms with Gasteiger partial charge in [0.2, 0.25) is 0 Å². The van der Waals surface area contributed by atoms with Crippen molar-refractivity contribution in [3.63, 3.8) is 0 Å². The number of hydrogen-bond acceptors (Lipinski definition) is 4. The third kappa shape index (κ3) is 5.70. The molecule has 3 rings (SSSR count). The molecular formula is C21H32IN5O. The molecule has 1 atom stereocenters. The number of nitrogens with one attached hydrogen (secondary N) is 1. The van der Waals surface area contributed by atoms with E-state index in [1.807, 2.05) is 13.1 Å². The van der Waals surface area contributed by atoms with Crippen molar-refractivity contribution in [1.82, 2.24) is 20.3 Å². The zero-order valence-corrected chi connectivity index (χ0v) is 19.4. The number of aromatic nitrogens is 1. The van der Waals surface area contributed by atoms with Crippen LogP contribution in [0.3, 0.4) is 0 Å². The molecule has 154 valence electrons. The van der Waals surface area contributed by atoms with Gasteiger partial charge in [-0.05, 0) is 18.4 Å². The minimum absolute atomic E-state index is 0. The Bertz CT molecular complexity index is 725. The predicted octanol–water partition coefficient (Wildman–Crippen LogP) is 3.70. The molecule has 0 radical (unpaired) electrons. The molecule has 1 aromatic carbocycles. The van der Waals surface area contributed by atoms with E-state index in [2.05, 4.69) is 69.4 Å². The maximum Gasteiger partial charge on any atom is 0.194 e. The van der Waals surface area contributed by atoms with Crippen molar-refractivity contribution in [3.8, 4) is 0 Å². The Kier molecular flexibility index (Phi) is 9.24. The highest BCUT2D eigenvalue weighted by molar-refractivity contribution is 14.0.